The van der Waals surface area contributed by atoms with E-state index in [9.17, 15) is 13.2 Å². The van der Waals surface area contributed by atoms with Crippen LogP contribution in [0.3, 0.4) is 0 Å². The lowest BCUT2D eigenvalue weighted by atomic mass is 10.2. The van der Waals surface area contributed by atoms with Gasteiger partial charge in [0, 0.05) is 14.1 Å². The van der Waals surface area contributed by atoms with Crippen LogP contribution in [0.4, 0.5) is 5.69 Å². The number of anilines is 1. The Balaban J connectivity index is 2.41. The van der Waals surface area contributed by atoms with Gasteiger partial charge < -0.3 is 9.64 Å². The molecule has 0 saturated carbocycles. The van der Waals surface area contributed by atoms with E-state index < -0.39 is 21.2 Å². The molecule has 1 atom stereocenters. The first-order valence-corrected chi connectivity index (χ1v) is 8.21. The number of carbonyl (C=O) groups is 1. The fraction of sp³-hybridized carbons (Fsp3) is 0.500. The molecule has 1 aromatic rings. The number of sulfonamides is 1. The Morgan fingerprint density at radius 1 is 1.38 bits per heavy atom. The van der Waals surface area contributed by atoms with Crippen molar-refractivity contribution in [3.05, 3.63) is 23.8 Å². The van der Waals surface area contributed by atoms with Gasteiger partial charge in [-0.25, -0.2) is 8.42 Å². The maximum Gasteiger partial charge on any atom is 0.247 e. The highest BCUT2D eigenvalue weighted by molar-refractivity contribution is 7.94. The zero-order chi connectivity index (χ0) is 15.8. The van der Waals surface area contributed by atoms with Crippen molar-refractivity contribution >= 4 is 21.6 Å². The van der Waals surface area contributed by atoms with Crippen LogP contribution >= 0.6 is 0 Å². The Labute approximate surface area is 125 Å². The maximum atomic E-state index is 12.7. The van der Waals surface area contributed by atoms with Gasteiger partial charge >= 0.3 is 0 Å². The standard InChI is InChI=1S/C14H20N2O4S/c1-10-5-6-12-13(9-10)20-8-7-16(12)21(18,19)11(2)14(17)15(3)4/h5-6,9,11H,7-8H2,1-4H3/t11-/m0/s1. The van der Waals surface area contributed by atoms with Crippen molar-refractivity contribution in [1.82, 2.24) is 4.90 Å². The SMILES string of the molecule is Cc1ccc2c(c1)OCCN2S(=O)(=O)[C@@H](C)C(=O)N(C)C. The Morgan fingerprint density at radius 3 is 2.67 bits per heavy atom. The molecule has 0 fully saturated rings. The van der Waals surface area contributed by atoms with Crippen LogP contribution < -0.4 is 9.04 Å². The topological polar surface area (TPSA) is 66.9 Å². The number of benzene rings is 1. The van der Waals surface area contributed by atoms with Crippen LogP contribution in [0.5, 0.6) is 5.75 Å². The minimum atomic E-state index is -3.77. The van der Waals surface area contributed by atoms with Gasteiger partial charge in [0.15, 0.2) is 5.25 Å². The third-order valence-corrected chi connectivity index (χ3v) is 5.57. The minimum absolute atomic E-state index is 0.212. The van der Waals surface area contributed by atoms with Gasteiger partial charge in [0.2, 0.25) is 15.9 Å². The van der Waals surface area contributed by atoms with Gasteiger partial charge in [-0.15, -0.1) is 0 Å². The first-order valence-electron chi connectivity index (χ1n) is 6.71. The largest absolute Gasteiger partial charge is 0.489 e. The number of nitrogens with zero attached hydrogens (tertiary/aromatic N) is 2. The number of rotatable bonds is 3. The number of hydrogen-bond donors (Lipinski definition) is 0. The van der Waals surface area contributed by atoms with Crippen molar-refractivity contribution in [2.45, 2.75) is 19.1 Å². The molecule has 0 spiro atoms. The maximum absolute atomic E-state index is 12.7. The number of ether oxygens (including phenoxy) is 1. The third kappa shape index (κ3) is 2.83. The van der Waals surface area contributed by atoms with Crippen molar-refractivity contribution in [2.75, 3.05) is 31.6 Å². The second-order valence-corrected chi connectivity index (χ2v) is 7.49. The number of fused-ring (bicyclic) bond motifs is 1. The van der Waals surface area contributed by atoms with Crippen LogP contribution in [-0.2, 0) is 14.8 Å². The molecule has 1 heterocycles. The van der Waals surface area contributed by atoms with Gasteiger partial charge in [0.05, 0.1) is 12.2 Å². The van der Waals surface area contributed by atoms with Crippen LogP contribution in [-0.4, -0.2) is 51.7 Å². The Morgan fingerprint density at radius 2 is 2.05 bits per heavy atom. The summed E-state index contributed by atoms with van der Waals surface area (Å²) in [5.74, 6) is 0.101. The lowest BCUT2D eigenvalue weighted by molar-refractivity contribution is -0.127. The summed E-state index contributed by atoms with van der Waals surface area (Å²) in [6.45, 7) is 3.82. The van der Waals surface area contributed by atoms with Gasteiger partial charge in [-0.1, -0.05) is 6.07 Å². The molecule has 1 aliphatic rings. The Hall–Kier alpha value is -1.76. The molecule has 0 unspecified atom stereocenters. The second-order valence-electron chi connectivity index (χ2n) is 5.31. The van der Waals surface area contributed by atoms with Crippen LogP contribution in [0.15, 0.2) is 18.2 Å². The zero-order valence-electron chi connectivity index (χ0n) is 12.7. The van der Waals surface area contributed by atoms with E-state index in [1.807, 2.05) is 13.0 Å². The lowest BCUT2D eigenvalue weighted by Crippen LogP contribution is -2.47. The molecule has 0 bridgehead atoms. The van der Waals surface area contributed by atoms with Crippen LogP contribution in [0.25, 0.3) is 0 Å². The van der Waals surface area contributed by atoms with Gasteiger partial charge in [0.25, 0.3) is 0 Å². The molecule has 116 valence electrons. The first kappa shape index (κ1) is 15.6. The quantitative estimate of drug-likeness (QED) is 0.835. The molecule has 1 aliphatic heterocycles. The summed E-state index contributed by atoms with van der Waals surface area (Å²) < 4.78 is 32.2. The summed E-state index contributed by atoms with van der Waals surface area (Å²) in [4.78, 5) is 13.3. The molecule has 0 aromatic heterocycles. The summed E-state index contributed by atoms with van der Waals surface area (Å²) in [5.41, 5.74) is 1.48. The molecule has 0 saturated heterocycles. The molecule has 1 amide bonds. The van der Waals surface area contributed by atoms with E-state index in [1.165, 1.54) is 16.1 Å². The normalized spacial score (nSPS) is 15.9. The highest BCUT2D eigenvalue weighted by Gasteiger charge is 2.37. The van der Waals surface area contributed by atoms with E-state index >= 15 is 0 Å². The number of carbonyl (C=O) groups excluding carboxylic acids is 1. The summed E-state index contributed by atoms with van der Waals surface area (Å²) >= 11 is 0. The summed E-state index contributed by atoms with van der Waals surface area (Å²) in [6, 6.07) is 5.35. The highest BCUT2D eigenvalue weighted by Crippen LogP contribution is 2.35. The molecular formula is C14H20N2O4S. The molecule has 0 N–H and O–H groups in total. The van der Waals surface area contributed by atoms with E-state index in [4.69, 9.17) is 4.74 Å². The fourth-order valence-corrected chi connectivity index (χ4v) is 3.85. The average Bonchev–Trinajstić information content (AvgIpc) is 2.44. The molecular weight excluding hydrogens is 292 g/mol. The lowest BCUT2D eigenvalue weighted by Gasteiger charge is -2.32. The van der Waals surface area contributed by atoms with E-state index in [2.05, 4.69) is 0 Å². The molecule has 21 heavy (non-hydrogen) atoms. The van der Waals surface area contributed by atoms with Crippen molar-refractivity contribution in [3.63, 3.8) is 0 Å². The summed E-state index contributed by atoms with van der Waals surface area (Å²) in [5, 5.41) is -1.13. The van der Waals surface area contributed by atoms with Gasteiger partial charge in [-0.3, -0.25) is 9.10 Å². The minimum Gasteiger partial charge on any atom is -0.489 e. The monoisotopic (exact) mass is 312 g/mol. The smallest absolute Gasteiger partial charge is 0.247 e. The second kappa shape index (κ2) is 5.55. The first-order chi connectivity index (χ1) is 9.75. The fourth-order valence-electron chi connectivity index (χ4n) is 2.25. The van der Waals surface area contributed by atoms with Crippen LogP contribution in [0.1, 0.15) is 12.5 Å². The Bertz CT molecular complexity index is 655. The molecule has 6 nitrogen and oxygen atoms in total. The Kier molecular flexibility index (Phi) is 4.13. The predicted octanol–water partition coefficient (Wildman–Crippen LogP) is 1.00. The van der Waals surface area contributed by atoms with Crippen LogP contribution in [0.2, 0.25) is 0 Å². The van der Waals surface area contributed by atoms with Gasteiger partial charge in [-0.2, -0.15) is 0 Å². The molecule has 0 radical (unpaired) electrons. The van der Waals surface area contributed by atoms with Gasteiger partial charge in [-0.05, 0) is 31.5 Å². The van der Waals surface area contributed by atoms with Crippen molar-refractivity contribution in [3.8, 4) is 5.75 Å². The predicted molar refractivity (Wildman–Crippen MR) is 81.1 cm³/mol. The van der Waals surface area contributed by atoms with Crippen molar-refractivity contribution in [2.24, 2.45) is 0 Å². The number of hydrogen-bond acceptors (Lipinski definition) is 4. The van der Waals surface area contributed by atoms with Crippen molar-refractivity contribution in [1.29, 1.82) is 0 Å². The third-order valence-electron chi connectivity index (χ3n) is 3.48. The van der Waals surface area contributed by atoms with E-state index in [0.29, 0.717) is 11.4 Å². The van der Waals surface area contributed by atoms with Crippen LogP contribution in [0, 0.1) is 6.92 Å². The molecule has 0 aliphatic carbocycles. The van der Waals surface area contributed by atoms with Crippen molar-refractivity contribution < 1.29 is 17.9 Å². The molecule has 2 rings (SSSR count). The highest BCUT2D eigenvalue weighted by atomic mass is 32.2. The molecule has 7 heteroatoms. The van der Waals surface area contributed by atoms with E-state index in [0.717, 1.165) is 5.56 Å². The van der Waals surface area contributed by atoms with Gasteiger partial charge in [0.1, 0.15) is 12.4 Å². The summed E-state index contributed by atoms with van der Waals surface area (Å²) in [7, 11) is -0.677. The average molecular weight is 312 g/mol. The zero-order valence-corrected chi connectivity index (χ0v) is 13.5. The molecule has 1 aromatic carbocycles. The number of amides is 1. The van der Waals surface area contributed by atoms with E-state index in [-0.39, 0.29) is 13.2 Å². The number of aryl methyl sites for hydroxylation is 1. The van der Waals surface area contributed by atoms with E-state index in [1.54, 1.807) is 26.2 Å². The summed E-state index contributed by atoms with van der Waals surface area (Å²) in [6.07, 6.45) is 0.